The molecule has 2 aliphatic rings. The van der Waals surface area contributed by atoms with Gasteiger partial charge in [-0.2, -0.15) is 0 Å². The molecule has 0 aromatic heterocycles. The number of rotatable bonds is 0. The average molecular weight is 139 g/mol. The lowest BCUT2D eigenvalue weighted by Gasteiger charge is -2.34. The Hall–Kier alpha value is -0.0400. The maximum Gasteiger partial charge on any atom is 0.0101 e. The number of hydrogen-bond donors (Lipinski definition) is 0. The number of hydrogen-bond acceptors (Lipinski definition) is 1. The van der Waals surface area contributed by atoms with Crippen molar-refractivity contribution >= 4 is 0 Å². The van der Waals surface area contributed by atoms with Crippen molar-refractivity contribution in [3.63, 3.8) is 0 Å². The van der Waals surface area contributed by atoms with Gasteiger partial charge in [-0.05, 0) is 31.2 Å². The number of likely N-dealkylation sites (tertiary alicyclic amines) is 1. The Kier molecular flexibility index (Phi) is 1.17. The molecule has 10 heavy (non-hydrogen) atoms. The Balaban J connectivity index is 2.16. The minimum Gasteiger partial charge on any atom is -0.303 e. The maximum absolute atomic E-state index is 2.52. The van der Waals surface area contributed by atoms with Crippen LogP contribution in [-0.4, -0.2) is 24.5 Å². The van der Waals surface area contributed by atoms with E-state index in [1.165, 1.54) is 19.4 Å². The lowest BCUT2D eigenvalue weighted by molar-refractivity contribution is 0.146. The smallest absolute Gasteiger partial charge is 0.0101 e. The molecule has 1 saturated heterocycles. The summed E-state index contributed by atoms with van der Waals surface area (Å²) < 4.78 is 0. The van der Waals surface area contributed by atoms with Crippen molar-refractivity contribution in [2.24, 2.45) is 11.3 Å². The summed E-state index contributed by atoms with van der Waals surface area (Å²) in [5, 5.41) is 0. The molecule has 0 radical (unpaired) electrons. The van der Waals surface area contributed by atoms with Crippen molar-refractivity contribution in [2.75, 3.05) is 13.6 Å². The van der Waals surface area contributed by atoms with Gasteiger partial charge < -0.3 is 4.90 Å². The first-order valence-corrected chi connectivity index (χ1v) is 4.30. The Morgan fingerprint density at radius 2 is 2.10 bits per heavy atom. The van der Waals surface area contributed by atoms with E-state index >= 15 is 0 Å². The first-order valence-electron chi connectivity index (χ1n) is 4.30. The highest BCUT2D eigenvalue weighted by atomic mass is 15.2. The SMILES string of the molecule is CN1CC2CC1CC2(C)C. The lowest BCUT2D eigenvalue weighted by atomic mass is 9.80. The molecular formula is C9H17N. The van der Waals surface area contributed by atoms with Gasteiger partial charge in [-0.15, -0.1) is 0 Å². The van der Waals surface area contributed by atoms with E-state index < -0.39 is 0 Å². The molecule has 58 valence electrons. The molecule has 0 amide bonds. The van der Waals surface area contributed by atoms with Crippen LogP contribution in [0.2, 0.25) is 0 Å². The fourth-order valence-corrected chi connectivity index (χ4v) is 2.66. The predicted octanol–water partition coefficient (Wildman–Crippen LogP) is 1.74. The van der Waals surface area contributed by atoms with Crippen molar-refractivity contribution in [3.8, 4) is 0 Å². The number of nitrogens with zero attached hydrogens (tertiary/aromatic N) is 1. The molecule has 1 heterocycles. The molecule has 2 atom stereocenters. The molecule has 1 heteroatoms. The van der Waals surface area contributed by atoms with Gasteiger partial charge in [-0.25, -0.2) is 0 Å². The van der Waals surface area contributed by atoms with Crippen LogP contribution >= 0.6 is 0 Å². The molecule has 0 spiro atoms. The molecule has 0 aromatic rings. The third-order valence-corrected chi connectivity index (χ3v) is 3.56. The molecule has 1 nitrogen and oxygen atoms in total. The summed E-state index contributed by atoms with van der Waals surface area (Å²) in [5.41, 5.74) is 0.650. The van der Waals surface area contributed by atoms with E-state index in [-0.39, 0.29) is 0 Å². The summed E-state index contributed by atoms with van der Waals surface area (Å²) in [6.45, 7) is 6.19. The zero-order chi connectivity index (χ0) is 7.35. The van der Waals surface area contributed by atoms with Gasteiger partial charge in [0.1, 0.15) is 0 Å². The van der Waals surface area contributed by atoms with E-state index in [9.17, 15) is 0 Å². The molecule has 0 aromatic carbocycles. The Morgan fingerprint density at radius 3 is 2.40 bits per heavy atom. The molecule has 2 fully saturated rings. The molecule has 0 N–H and O–H groups in total. The zero-order valence-corrected chi connectivity index (χ0v) is 7.22. The van der Waals surface area contributed by atoms with Gasteiger partial charge in [0, 0.05) is 12.6 Å². The van der Waals surface area contributed by atoms with Gasteiger partial charge in [-0.3, -0.25) is 0 Å². The van der Waals surface area contributed by atoms with Crippen LogP contribution in [-0.2, 0) is 0 Å². The summed E-state index contributed by atoms with van der Waals surface area (Å²) in [5.74, 6) is 0.988. The van der Waals surface area contributed by atoms with Crippen molar-refractivity contribution in [1.82, 2.24) is 4.90 Å². The highest BCUT2D eigenvalue weighted by Crippen LogP contribution is 2.49. The summed E-state index contributed by atoms with van der Waals surface area (Å²) >= 11 is 0. The average Bonchev–Trinajstić information content (AvgIpc) is 2.21. The molecule has 2 unspecified atom stereocenters. The third-order valence-electron chi connectivity index (χ3n) is 3.56. The van der Waals surface area contributed by atoms with Crippen LogP contribution in [0.4, 0.5) is 0 Å². The quantitative estimate of drug-likeness (QED) is 0.494. The minimum atomic E-state index is 0.650. The van der Waals surface area contributed by atoms with E-state index in [0.29, 0.717) is 5.41 Å². The molecule has 2 rings (SSSR count). The van der Waals surface area contributed by atoms with Gasteiger partial charge in [-0.1, -0.05) is 13.8 Å². The topological polar surface area (TPSA) is 3.24 Å². The van der Waals surface area contributed by atoms with E-state index in [2.05, 4.69) is 25.8 Å². The monoisotopic (exact) mass is 139 g/mol. The number of fused-ring (bicyclic) bond motifs is 2. The van der Waals surface area contributed by atoms with Crippen LogP contribution in [0.15, 0.2) is 0 Å². The van der Waals surface area contributed by atoms with Gasteiger partial charge >= 0.3 is 0 Å². The first-order chi connectivity index (χ1) is 4.59. The Bertz CT molecular complexity index is 149. The van der Waals surface area contributed by atoms with Crippen LogP contribution in [0.1, 0.15) is 26.7 Å². The normalized spacial score (nSPS) is 44.7. The standard InChI is InChI=1S/C9H17N/c1-9(2)5-8-4-7(9)6-10(8)3/h7-8H,4-6H2,1-3H3. The molecule has 2 bridgehead atoms. The van der Waals surface area contributed by atoms with Crippen LogP contribution in [0.5, 0.6) is 0 Å². The first kappa shape index (κ1) is 6.66. The fraction of sp³-hybridized carbons (Fsp3) is 1.00. The summed E-state index contributed by atoms with van der Waals surface area (Å²) in [6.07, 6.45) is 2.89. The second kappa shape index (κ2) is 1.76. The van der Waals surface area contributed by atoms with Crippen molar-refractivity contribution in [1.29, 1.82) is 0 Å². The molecule has 1 saturated carbocycles. The fourth-order valence-electron chi connectivity index (χ4n) is 2.66. The lowest BCUT2D eigenvalue weighted by Crippen LogP contribution is -2.35. The Labute approximate surface area is 63.4 Å². The summed E-state index contributed by atoms with van der Waals surface area (Å²) in [4.78, 5) is 2.52. The maximum atomic E-state index is 2.52. The Morgan fingerprint density at radius 1 is 1.40 bits per heavy atom. The van der Waals surface area contributed by atoms with Gasteiger partial charge in [0.2, 0.25) is 0 Å². The largest absolute Gasteiger partial charge is 0.303 e. The van der Waals surface area contributed by atoms with Crippen molar-refractivity contribution in [2.45, 2.75) is 32.7 Å². The predicted molar refractivity (Wildman–Crippen MR) is 42.9 cm³/mol. The molecular weight excluding hydrogens is 122 g/mol. The van der Waals surface area contributed by atoms with Crippen LogP contribution in [0, 0.1) is 11.3 Å². The van der Waals surface area contributed by atoms with Crippen LogP contribution in [0.3, 0.4) is 0 Å². The highest BCUT2D eigenvalue weighted by Gasteiger charge is 2.47. The second-order valence-electron chi connectivity index (χ2n) is 4.72. The minimum absolute atomic E-state index is 0.650. The van der Waals surface area contributed by atoms with Crippen LogP contribution < -0.4 is 0 Å². The third kappa shape index (κ3) is 0.731. The molecule has 1 aliphatic carbocycles. The van der Waals surface area contributed by atoms with E-state index in [1.807, 2.05) is 0 Å². The summed E-state index contributed by atoms with van der Waals surface area (Å²) in [7, 11) is 2.26. The van der Waals surface area contributed by atoms with Gasteiger partial charge in [0.05, 0.1) is 0 Å². The van der Waals surface area contributed by atoms with Gasteiger partial charge in [0.25, 0.3) is 0 Å². The van der Waals surface area contributed by atoms with Crippen molar-refractivity contribution in [3.05, 3.63) is 0 Å². The number of piperidine rings is 1. The summed E-state index contributed by atoms with van der Waals surface area (Å²) in [6, 6.07) is 0.917. The second-order valence-corrected chi connectivity index (χ2v) is 4.72. The highest BCUT2D eigenvalue weighted by molar-refractivity contribution is 5.00. The molecule has 1 aliphatic heterocycles. The van der Waals surface area contributed by atoms with E-state index in [4.69, 9.17) is 0 Å². The zero-order valence-electron chi connectivity index (χ0n) is 7.22. The van der Waals surface area contributed by atoms with Crippen LogP contribution in [0.25, 0.3) is 0 Å². The van der Waals surface area contributed by atoms with Crippen molar-refractivity contribution < 1.29 is 0 Å². The van der Waals surface area contributed by atoms with E-state index in [1.54, 1.807) is 0 Å². The van der Waals surface area contributed by atoms with E-state index in [0.717, 1.165) is 12.0 Å². The van der Waals surface area contributed by atoms with Gasteiger partial charge in [0.15, 0.2) is 0 Å².